The number of non-ortho nitro benzene ring substituents is 1. The Morgan fingerprint density at radius 2 is 1.78 bits per heavy atom. The third kappa shape index (κ3) is 5.01. The van der Waals surface area contributed by atoms with Crippen LogP contribution in [-0.4, -0.2) is 23.9 Å². The van der Waals surface area contributed by atoms with E-state index >= 15 is 0 Å². The van der Waals surface area contributed by atoms with Gasteiger partial charge in [-0.05, 0) is 65.3 Å². The molecule has 7 nitrogen and oxygen atoms in total. The predicted molar refractivity (Wildman–Crippen MR) is 142 cm³/mol. The molecule has 0 unspecified atom stereocenters. The molecule has 7 heteroatoms. The number of methoxy groups -OCH3 is 1. The first-order valence-electron chi connectivity index (χ1n) is 12.4. The summed E-state index contributed by atoms with van der Waals surface area (Å²) in [6.45, 7) is 0.0601. The summed E-state index contributed by atoms with van der Waals surface area (Å²) in [5.41, 5.74) is 5.67. The summed E-state index contributed by atoms with van der Waals surface area (Å²) in [4.78, 5) is 10.8. The Morgan fingerprint density at radius 1 is 0.946 bits per heavy atom. The number of aliphatic hydroxyl groups is 1. The molecule has 0 amide bonds. The molecular weight excluding hydrogens is 470 g/mol. The minimum Gasteiger partial charge on any atom is -0.488 e. The summed E-state index contributed by atoms with van der Waals surface area (Å²) in [6, 6.07) is 20.6. The van der Waals surface area contributed by atoms with Gasteiger partial charge in [0.25, 0.3) is 5.69 Å². The van der Waals surface area contributed by atoms with E-state index in [4.69, 9.17) is 14.2 Å². The first kappa shape index (κ1) is 24.7. The SMILES string of the molecule is COCOc1c(CO)cc2c(c1-c1c(OCc3cccc([N+](=O)[O-])c3)ccc3ccccc13)CCCC2. The Balaban J connectivity index is 1.71. The monoisotopic (exact) mass is 499 g/mol. The van der Waals surface area contributed by atoms with Gasteiger partial charge >= 0.3 is 0 Å². The maximum absolute atomic E-state index is 11.3. The van der Waals surface area contributed by atoms with E-state index < -0.39 is 4.92 Å². The zero-order valence-corrected chi connectivity index (χ0v) is 20.7. The smallest absolute Gasteiger partial charge is 0.269 e. The van der Waals surface area contributed by atoms with Crippen LogP contribution in [0.15, 0.2) is 66.7 Å². The number of nitro groups is 1. The summed E-state index contributed by atoms with van der Waals surface area (Å²) in [5.74, 6) is 1.25. The summed E-state index contributed by atoms with van der Waals surface area (Å²) in [7, 11) is 1.57. The van der Waals surface area contributed by atoms with Crippen LogP contribution in [0.25, 0.3) is 21.9 Å². The van der Waals surface area contributed by atoms with E-state index in [9.17, 15) is 15.2 Å². The zero-order chi connectivity index (χ0) is 25.8. The molecular formula is C30H29NO6. The third-order valence-corrected chi connectivity index (χ3v) is 6.83. The Hall–Kier alpha value is -3.94. The summed E-state index contributed by atoms with van der Waals surface area (Å²) in [6.07, 6.45) is 4.00. The van der Waals surface area contributed by atoms with Gasteiger partial charge in [-0.2, -0.15) is 0 Å². The molecule has 0 fully saturated rings. The van der Waals surface area contributed by atoms with Gasteiger partial charge in [-0.3, -0.25) is 10.1 Å². The highest BCUT2D eigenvalue weighted by Crippen LogP contribution is 2.48. The lowest BCUT2D eigenvalue weighted by molar-refractivity contribution is -0.384. The van der Waals surface area contributed by atoms with Crippen molar-refractivity contribution in [1.82, 2.24) is 0 Å². The normalized spacial score (nSPS) is 12.8. The zero-order valence-electron chi connectivity index (χ0n) is 20.7. The van der Waals surface area contributed by atoms with E-state index in [1.807, 2.05) is 30.3 Å². The fourth-order valence-corrected chi connectivity index (χ4v) is 5.16. The van der Waals surface area contributed by atoms with E-state index in [-0.39, 0.29) is 25.7 Å². The molecule has 37 heavy (non-hydrogen) atoms. The van der Waals surface area contributed by atoms with Crippen LogP contribution in [0.4, 0.5) is 5.69 Å². The number of rotatable bonds is 9. The molecule has 4 aromatic rings. The quantitative estimate of drug-likeness (QED) is 0.164. The van der Waals surface area contributed by atoms with Crippen LogP contribution in [0.1, 0.15) is 35.1 Å². The van der Waals surface area contributed by atoms with Crippen molar-refractivity contribution in [2.75, 3.05) is 13.9 Å². The summed E-state index contributed by atoms with van der Waals surface area (Å²) >= 11 is 0. The van der Waals surface area contributed by atoms with Crippen LogP contribution >= 0.6 is 0 Å². The van der Waals surface area contributed by atoms with Gasteiger partial charge in [0, 0.05) is 35.9 Å². The molecule has 190 valence electrons. The molecule has 1 aliphatic carbocycles. The molecule has 0 heterocycles. The average molecular weight is 500 g/mol. The second-order valence-corrected chi connectivity index (χ2v) is 9.17. The van der Waals surface area contributed by atoms with E-state index in [1.165, 1.54) is 23.3 Å². The Morgan fingerprint density at radius 3 is 2.59 bits per heavy atom. The maximum atomic E-state index is 11.3. The molecule has 0 saturated carbocycles. The molecule has 5 rings (SSSR count). The number of hydrogen-bond acceptors (Lipinski definition) is 6. The first-order chi connectivity index (χ1) is 18.1. The van der Waals surface area contributed by atoms with Crippen molar-refractivity contribution >= 4 is 16.5 Å². The standard InChI is InChI=1S/C30H29NO6/c1-35-19-37-30-23(17-32)16-22-9-3-5-12-26(22)29(30)28-25-11-4-2-8-21(25)13-14-27(28)36-18-20-7-6-10-24(15-20)31(33)34/h2,4,6-8,10-11,13-16,32H,3,5,9,12,17-19H2,1H3. The van der Waals surface area contributed by atoms with Gasteiger partial charge in [0.2, 0.25) is 0 Å². The summed E-state index contributed by atoms with van der Waals surface area (Å²) in [5, 5.41) is 23.6. The summed E-state index contributed by atoms with van der Waals surface area (Å²) < 4.78 is 17.7. The lowest BCUT2D eigenvalue weighted by Gasteiger charge is -2.26. The molecule has 0 aromatic heterocycles. The number of benzene rings is 4. The highest BCUT2D eigenvalue weighted by atomic mass is 16.7. The molecule has 0 bridgehead atoms. The van der Waals surface area contributed by atoms with Crippen molar-refractivity contribution in [3.05, 3.63) is 99.1 Å². The van der Waals surface area contributed by atoms with E-state index in [2.05, 4.69) is 18.2 Å². The number of ether oxygens (including phenoxy) is 3. The van der Waals surface area contributed by atoms with Gasteiger partial charge < -0.3 is 19.3 Å². The maximum Gasteiger partial charge on any atom is 0.269 e. The minimum atomic E-state index is -0.406. The van der Waals surface area contributed by atoms with Crippen LogP contribution in [0.2, 0.25) is 0 Å². The van der Waals surface area contributed by atoms with Crippen molar-refractivity contribution < 1.29 is 24.2 Å². The van der Waals surface area contributed by atoms with Crippen molar-refractivity contribution in [1.29, 1.82) is 0 Å². The first-order valence-corrected chi connectivity index (χ1v) is 12.4. The van der Waals surface area contributed by atoms with Gasteiger partial charge in [-0.15, -0.1) is 0 Å². The lowest BCUT2D eigenvalue weighted by Crippen LogP contribution is -2.11. The van der Waals surface area contributed by atoms with Crippen LogP contribution < -0.4 is 9.47 Å². The molecule has 0 saturated heterocycles. The van der Waals surface area contributed by atoms with E-state index in [1.54, 1.807) is 13.2 Å². The molecule has 4 aromatic carbocycles. The predicted octanol–water partition coefficient (Wildman–Crippen LogP) is 6.35. The van der Waals surface area contributed by atoms with Gasteiger partial charge in [0.05, 0.1) is 11.5 Å². The lowest BCUT2D eigenvalue weighted by atomic mass is 9.82. The molecule has 0 atom stereocenters. The second-order valence-electron chi connectivity index (χ2n) is 9.17. The third-order valence-electron chi connectivity index (χ3n) is 6.83. The molecule has 1 aliphatic rings. The Kier molecular flexibility index (Phi) is 7.35. The Labute approximate surface area is 215 Å². The van der Waals surface area contributed by atoms with E-state index in [0.717, 1.165) is 47.6 Å². The van der Waals surface area contributed by atoms with Crippen LogP contribution in [0, 0.1) is 10.1 Å². The average Bonchev–Trinajstić information content (AvgIpc) is 2.94. The number of aliphatic hydroxyl groups excluding tert-OH is 1. The van der Waals surface area contributed by atoms with Crippen molar-refractivity contribution in [2.45, 2.75) is 38.9 Å². The second kappa shape index (κ2) is 11.0. The highest BCUT2D eigenvalue weighted by molar-refractivity contribution is 6.02. The number of nitrogens with zero attached hydrogens (tertiary/aromatic N) is 1. The van der Waals surface area contributed by atoms with Crippen molar-refractivity contribution in [3.63, 3.8) is 0 Å². The molecule has 0 radical (unpaired) electrons. The van der Waals surface area contributed by atoms with Gasteiger partial charge in [-0.25, -0.2) is 0 Å². The van der Waals surface area contributed by atoms with Gasteiger partial charge in [-0.1, -0.05) is 42.5 Å². The highest BCUT2D eigenvalue weighted by Gasteiger charge is 2.26. The number of fused-ring (bicyclic) bond motifs is 2. The minimum absolute atomic E-state index is 0.0276. The Bertz CT molecular complexity index is 1450. The van der Waals surface area contributed by atoms with Crippen molar-refractivity contribution in [3.8, 4) is 22.6 Å². The van der Waals surface area contributed by atoms with Crippen molar-refractivity contribution in [2.24, 2.45) is 0 Å². The van der Waals surface area contributed by atoms with E-state index in [0.29, 0.717) is 22.6 Å². The number of hydrogen-bond donors (Lipinski definition) is 1. The molecule has 1 N–H and O–H groups in total. The largest absolute Gasteiger partial charge is 0.488 e. The number of nitro benzene ring substituents is 1. The fourth-order valence-electron chi connectivity index (χ4n) is 5.16. The van der Waals surface area contributed by atoms with Gasteiger partial charge in [0.1, 0.15) is 18.1 Å². The topological polar surface area (TPSA) is 91.1 Å². The number of aryl methyl sites for hydroxylation is 1. The molecule has 0 aliphatic heterocycles. The van der Waals surface area contributed by atoms with Crippen LogP contribution in [-0.2, 0) is 30.8 Å². The van der Waals surface area contributed by atoms with Crippen LogP contribution in [0.3, 0.4) is 0 Å². The fraction of sp³-hybridized carbons (Fsp3) is 0.267. The van der Waals surface area contributed by atoms with Crippen LogP contribution in [0.5, 0.6) is 11.5 Å². The molecule has 0 spiro atoms. The van der Waals surface area contributed by atoms with Gasteiger partial charge in [0.15, 0.2) is 6.79 Å².